The highest BCUT2D eigenvalue weighted by Crippen LogP contribution is 2.60. The fraction of sp³-hybridized carbons (Fsp3) is 0.464. The van der Waals surface area contributed by atoms with Gasteiger partial charge in [-0.15, -0.1) is 0 Å². The third-order valence-corrected chi connectivity index (χ3v) is 7.81. The third-order valence-electron chi connectivity index (χ3n) is 7.81. The number of benzene rings is 2. The summed E-state index contributed by atoms with van der Waals surface area (Å²) in [5.74, 6) is 0.988. The van der Waals surface area contributed by atoms with E-state index in [-0.39, 0.29) is 24.5 Å². The molecule has 4 saturated carbocycles. The first-order chi connectivity index (χ1) is 16.5. The van der Waals surface area contributed by atoms with Crippen molar-refractivity contribution >= 4 is 23.5 Å². The summed E-state index contributed by atoms with van der Waals surface area (Å²) in [5, 5.41) is 5.64. The number of anilines is 1. The number of hydrogen-bond acceptors (Lipinski definition) is 4. The predicted molar refractivity (Wildman–Crippen MR) is 129 cm³/mol. The molecule has 0 radical (unpaired) electrons. The van der Waals surface area contributed by atoms with Crippen molar-refractivity contribution in [2.75, 3.05) is 18.5 Å². The Hall–Kier alpha value is -3.15. The highest BCUT2D eigenvalue weighted by molar-refractivity contribution is 5.94. The second kappa shape index (κ2) is 9.61. The zero-order valence-electron chi connectivity index (χ0n) is 19.4. The molecule has 34 heavy (non-hydrogen) atoms. The van der Waals surface area contributed by atoms with Crippen LogP contribution in [-0.2, 0) is 25.5 Å². The van der Waals surface area contributed by atoms with Gasteiger partial charge in [-0.3, -0.25) is 14.4 Å². The van der Waals surface area contributed by atoms with E-state index in [1.165, 1.54) is 19.3 Å². The normalized spacial score (nSPS) is 26.6. The van der Waals surface area contributed by atoms with Gasteiger partial charge in [0.05, 0.1) is 0 Å². The number of nitrogens with one attached hydrogen (secondary N) is 2. The van der Waals surface area contributed by atoms with Crippen LogP contribution in [0, 0.1) is 23.2 Å². The molecule has 0 atom stereocenters. The van der Waals surface area contributed by atoms with Crippen molar-refractivity contribution in [2.24, 2.45) is 23.2 Å². The van der Waals surface area contributed by atoms with Gasteiger partial charge in [0, 0.05) is 11.1 Å². The molecule has 178 valence electrons. The van der Waals surface area contributed by atoms with Crippen molar-refractivity contribution < 1.29 is 19.1 Å². The molecule has 0 aromatic heterocycles. The Balaban J connectivity index is 1.09. The maximum Gasteiger partial charge on any atom is 0.325 e. The quantitative estimate of drug-likeness (QED) is 0.581. The van der Waals surface area contributed by atoms with Crippen LogP contribution in [0.2, 0.25) is 0 Å². The Bertz CT molecular complexity index is 1030. The van der Waals surface area contributed by atoms with Crippen molar-refractivity contribution in [3.8, 4) is 0 Å². The molecule has 0 heterocycles. The van der Waals surface area contributed by atoms with Crippen LogP contribution in [-0.4, -0.2) is 30.9 Å². The fourth-order valence-electron chi connectivity index (χ4n) is 6.72. The van der Waals surface area contributed by atoms with Crippen LogP contribution in [0.25, 0.3) is 0 Å². The van der Waals surface area contributed by atoms with Crippen LogP contribution in [0.5, 0.6) is 0 Å². The molecule has 2 N–H and O–H groups in total. The minimum absolute atomic E-state index is 0.0113. The molecule has 6 nitrogen and oxygen atoms in total. The lowest BCUT2D eigenvalue weighted by molar-refractivity contribution is -0.152. The van der Waals surface area contributed by atoms with Crippen LogP contribution < -0.4 is 10.6 Å². The molecule has 0 spiro atoms. The minimum Gasteiger partial charge on any atom is -0.454 e. The predicted octanol–water partition coefficient (Wildman–Crippen LogP) is 4.09. The number of amides is 2. The number of rotatable bonds is 8. The van der Waals surface area contributed by atoms with Crippen molar-refractivity contribution in [3.05, 3.63) is 65.7 Å². The lowest BCUT2D eigenvalue weighted by atomic mass is 9.49. The molecule has 2 aromatic carbocycles. The highest BCUT2D eigenvalue weighted by atomic mass is 16.5. The molecule has 2 aromatic rings. The van der Waals surface area contributed by atoms with Gasteiger partial charge in [0.1, 0.15) is 6.54 Å². The maximum atomic E-state index is 13.0. The molecule has 6 heteroatoms. The van der Waals surface area contributed by atoms with Crippen molar-refractivity contribution in [2.45, 2.75) is 44.9 Å². The van der Waals surface area contributed by atoms with Gasteiger partial charge in [0.2, 0.25) is 5.91 Å². The molecule has 6 rings (SSSR count). The Labute approximate surface area is 200 Å². The maximum absolute atomic E-state index is 13.0. The monoisotopic (exact) mass is 460 g/mol. The number of carbonyl (C=O) groups is 3. The summed E-state index contributed by atoms with van der Waals surface area (Å²) < 4.78 is 5.14. The molecule has 2 amide bonds. The molecule has 0 aliphatic heterocycles. The van der Waals surface area contributed by atoms with E-state index < -0.39 is 11.9 Å². The van der Waals surface area contributed by atoms with Gasteiger partial charge in [-0.2, -0.15) is 0 Å². The minimum atomic E-state index is -0.592. The van der Waals surface area contributed by atoms with Crippen LogP contribution in [0.4, 0.5) is 5.69 Å². The average Bonchev–Trinajstić information content (AvgIpc) is 2.82. The first kappa shape index (κ1) is 22.6. The van der Waals surface area contributed by atoms with Gasteiger partial charge >= 0.3 is 5.97 Å². The largest absolute Gasteiger partial charge is 0.454 e. The van der Waals surface area contributed by atoms with E-state index in [1.54, 1.807) is 0 Å². The summed E-state index contributed by atoms with van der Waals surface area (Å²) in [5.41, 5.74) is 2.53. The first-order valence-electron chi connectivity index (χ1n) is 12.3. The molecule has 0 unspecified atom stereocenters. The Kier molecular flexibility index (Phi) is 6.40. The van der Waals surface area contributed by atoms with Gasteiger partial charge < -0.3 is 15.4 Å². The summed E-state index contributed by atoms with van der Waals surface area (Å²) in [7, 11) is 0. The van der Waals surface area contributed by atoms with Gasteiger partial charge in [0.25, 0.3) is 5.91 Å². The molecule has 0 saturated heterocycles. The Morgan fingerprint density at radius 1 is 0.853 bits per heavy atom. The number of carbonyl (C=O) groups excluding carboxylic acids is 3. The van der Waals surface area contributed by atoms with Gasteiger partial charge in [-0.05, 0) is 79.9 Å². The number of ether oxygens (including phenoxy) is 1. The topological polar surface area (TPSA) is 84.5 Å². The van der Waals surface area contributed by atoms with Gasteiger partial charge in [-0.25, -0.2) is 0 Å². The van der Waals surface area contributed by atoms with E-state index in [4.69, 9.17) is 4.74 Å². The molecular formula is C28H32N2O4. The standard InChI is InChI=1S/C28H32N2O4/c31-25(30-24-9-5-4-8-23(24)13-19-6-2-1-3-7-19)18-34-26(32)17-29-27(33)28-14-20-10-21(15-28)12-22(11-20)16-28/h1-9,20-22H,10-18H2,(H,29,33)(H,30,31). The fourth-order valence-corrected chi connectivity index (χ4v) is 6.72. The second-order valence-corrected chi connectivity index (χ2v) is 10.4. The number of para-hydroxylation sites is 1. The summed E-state index contributed by atoms with van der Waals surface area (Å²) in [6, 6.07) is 17.6. The molecular weight excluding hydrogens is 428 g/mol. The molecule has 4 fully saturated rings. The van der Waals surface area contributed by atoms with Crippen LogP contribution in [0.3, 0.4) is 0 Å². The molecule has 4 aliphatic carbocycles. The molecule has 4 bridgehead atoms. The second-order valence-electron chi connectivity index (χ2n) is 10.4. The Morgan fingerprint density at radius 3 is 2.15 bits per heavy atom. The molecule has 4 aliphatic rings. The number of esters is 1. The first-order valence-corrected chi connectivity index (χ1v) is 12.3. The number of hydrogen-bond donors (Lipinski definition) is 2. The van der Waals surface area contributed by atoms with E-state index in [0.717, 1.165) is 30.4 Å². The summed E-state index contributed by atoms with van der Waals surface area (Å²) in [6.45, 7) is -0.579. The lowest BCUT2D eigenvalue weighted by Gasteiger charge is -2.55. The highest BCUT2D eigenvalue weighted by Gasteiger charge is 2.54. The lowest BCUT2D eigenvalue weighted by Crippen LogP contribution is -2.54. The van der Waals surface area contributed by atoms with Crippen LogP contribution >= 0.6 is 0 Å². The van der Waals surface area contributed by atoms with Gasteiger partial charge in [0.15, 0.2) is 6.61 Å². The van der Waals surface area contributed by atoms with Crippen molar-refractivity contribution in [3.63, 3.8) is 0 Å². The van der Waals surface area contributed by atoms with Crippen molar-refractivity contribution in [1.82, 2.24) is 5.32 Å². The average molecular weight is 461 g/mol. The zero-order valence-corrected chi connectivity index (χ0v) is 19.4. The third kappa shape index (κ3) is 5.01. The van der Waals surface area contributed by atoms with E-state index in [2.05, 4.69) is 10.6 Å². The summed E-state index contributed by atoms with van der Waals surface area (Å²) in [4.78, 5) is 37.6. The van der Waals surface area contributed by atoms with Crippen LogP contribution in [0.1, 0.15) is 49.7 Å². The SMILES string of the molecule is O=C(COC(=O)CNC(=O)C12CC3CC(CC(C3)C1)C2)Nc1ccccc1Cc1ccccc1. The van der Waals surface area contributed by atoms with E-state index in [0.29, 0.717) is 29.9 Å². The van der Waals surface area contributed by atoms with Crippen LogP contribution in [0.15, 0.2) is 54.6 Å². The summed E-state index contributed by atoms with van der Waals surface area (Å²) >= 11 is 0. The van der Waals surface area contributed by atoms with Crippen molar-refractivity contribution in [1.29, 1.82) is 0 Å². The Morgan fingerprint density at radius 2 is 1.47 bits per heavy atom. The summed E-state index contributed by atoms with van der Waals surface area (Å²) in [6.07, 6.45) is 7.32. The van der Waals surface area contributed by atoms with E-state index in [9.17, 15) is 14.4 Å². The van der Waals surface area contributed by atoms with E-state index >= 15 is 0 Å². The van der Waals surface area contributed by atoms with E-state index in [1.807, 2.05) is 54.6 Å². The zero-order chi connectivity index (χ0) is 23.5. The smallest absolute Gasteiger partial charge is 0.325 e. The van der Waals surface area contributed by atoms with Gasteiger partial charge in [-0.1, -0.05) is 48.5 Å².